The van der Waals surface area contributed by atoms with Crippen molar-refractivity contribution in [2.75, 3.05) is 5.75 Å². The first kappa shape index (κ1) is 12.6. The number of benzene rings is 1. The summed E-state index contributed by atoms with van der Waals surface area (Å²) in [7, 11) is 0. The lowest BCUT2D eigenvalue weighted by molar-refractivity contribution is 0.529. The molecule has 0 nitrogen and oxygen atoms in total. The fourth-order valence-electron chi connectivity index (χ4n) is 2.29. The minimum absolute atomic E-state index is 0.338. The van der Waals surface area contributed by atoms with Crippen molar-refractivity contribution in [2.24, 2.45) is 0 Å². The molecule has 0 fully saturated rings. The van der Waals surface area contributed by atoms with E-state index in [2.05, 4.69) is 69.8 Å². The predicted molar refractivity (Wildman–Crippen MR) is 71.7 cm³/mol. The van der Waals surface area contributed by atoms with Crippen molar-refractivity contribution in [2.45, 2.75) is 44.8 Å². The lowest BCUT2D eigenvalue weighted by Crippen LogP contribution is -2.25. The number of hydrogen-bond acceptors (Lipinski definition) is 1. The normalized spacial score (nSPS) is 13.9. The highest BCUT2D eigenvalue weighted by Gasteiger charge is 2.28. The van der Waals surface area contributed by atoms with Gasteiger partial charge in [0.25, 0.3) is 0 Å². The molecule has 1 rings (SSSR count). The molecule has 1 heteroatoms. The molecule has 84 valence electrons. The molecule has 0 heterocycles. The highest BCUT2D eigenvalue weighted by molar-refractivity contribution is 8.00. The Morgan fingerprint density at radius 3 is 2.20 bits per heavy atom. The summed E-state index contributed by atoms with van der Waals surface area (Å²) >= 11 is 2.06. The van der Waals surface area contributed by atoms with Gasteiger partial charge in [-0.25, -0.2) is 0 Å². The fraction of sp³-hybridized carbons (Fsp3) is 0.571. The second-order valence-corrected chi connectivity index (χ2v) is 6.33. The molecular formula is C14H22S. The lowest BCUT2D eigenvalue weighted by Gasteiger charge is -2.33. The maximum absolute atomic E-state index is 2.36. The Hall–Kier alpha value is -0.430. The third-order valence-electron chi connectivity index (χ3n) is 2.97. The van der Waals surface area contributed by atoms with E-state index in [-0.39, 0.29) is 0 Å². The molecule has 0 saturated heterocycles. The van der Waals surface area contributed by atoms with Gasteiger partial charge in [0.1, 0.15) is 0 Å². The largest absolute Gasteiger partial charge is 0.155 e. The first-order valence-electron chi connectivity index (χ1n) is 5.80. The SMILES string of the molecule is CCSC(C)(C)C(CC)c1ccccc1. The Kier molecular flexibility index (Phi) is 4.72. The molecular weight excluding hydrogens is 200 g/mol. The van der Waals surface area contributed by atoms with Crippen LogP contribution in [0.5, 0.6) is 0 Å². The molecule has 0 bridgehead atoms. The standard InChI is InChI=1S/C14H22S/c1-5-13(14(3,4)15-6-2)12-10-8-7-9-11-12/h7-11,13H,5-6H2,1-4H3. The Morgan fingerprint density at radius 1 is 1.13 bits per heavy atom. The van der Waals surface area contributed by atoms with Gasteiger partial charge in [-0.15, -0.1) is 0 Å². The molecule has 1 aromatic carbocycles. The number of thioether (sulfide) groups is 1. The maximum Gasteiger partial charge on any atom is 0.0172 e. The van der Waals surface area contributed by atoms with E-state index in [1.807, 2.05) is 0 Å². The molecule has 0 aliphatic heterocycles. The van der Waals surface area contributed by atoms with E-state index in [1.54, 1.807) is 0 Å². The molecule has 0 aromatic heterocycles. The molecule has 0 aliphatic carbocycles. The van der Waals surface area contributed by atoms with Gasteiger partial charge in [-0.3, -0.25) is 0 Å². The van der Waals surface area contributed by atoms with Crippen molar-refractivity contribution in [3.05, 3.63) is 35.9 Å². The zero-order chi connectivity index (χ0) is 11.3. The highest BCUT2D eigenvalue weighted by Crippen LogP contribution is 2.40. The number of rotatable bonds is 5. The summed E-state index contributed by atoms with van der Waals surface area (Å²) in [6.45, 7) is 9.25. The van der Waals surface area contributed by atoms with E-state index < -0.39 is 0 Å². The van der Waals surface area contributed by atoms with E-state index in [0.717, 1.165) is 0 Å². The maximum atomic E-state index is 2.36. The summed E-state index contributed by atoms with van der Waals surface area (Å²) in [6, 6.07) is 10.9. The van der Waals surface area contributed by atoms with E-state index in [1.165, 1.54) is 17.7 Å². The topological polar surface area (TPSA) is 0 Å². The average Bonchev–Trinajstić information content (AvgIpc) is 2.19. The van der Waals surface area contributed by atoms with E-state index in [0.29, 0.717) is 10.7 Å². The van der Waals surface area contributed by atoms with Gasteiger partial charge in [-0.05, 0) is 23.7 Å². The van der Waals surface area contributed by atoms with Gasteiger partial charge >= 0.3 is 0 Å². The van der Waals surface area contributed by atoms with Crippen LogP contribution in [-0.2, 0) is 0 Å². The minimum Gasteiger partial charge on any atom is -0.155 e. The fourth-order valence-corrected chi connectivity index (χ4v) is 3.53. The Bertz CT molecular complexity index is 277. The van der Waals surface area contributed by atoms with Crippen LogP contribution in [0.2, 0.25) is 0 Å². The summed E-state index contributed by atoms with van der Waals surface area (Å²) in [4.78, 5) is 0. The second-order valence-electron chi connectivity index (χ2n) is 4.41. The molecule has 1 unspecified atom stereocenters. The van der Waals surface area contributed by atoms with Gasteiger partial charge in [-0.1, -0.05) is 58.0 Å². The molecule has 1 aromatic rings. The van der Waals surface area contributed by atoms with Crippen LogP contribution >= 0.6 is 11.8 Å². The first-order chi connectivity index (χ1) is 7.11. The summed E-state index contributed by atoms with van der Waals surface area (Å²) in [5.41, 5.74) is 1.48. The van der Waals surface area contributed by atoms with E-state index in [4.69, 9.17) is 0 Å². The molecule has 0 radical (unpaired) electrons. The third-order valence-corrected chi connectivity index (χ3v) is 4.28. The lowest BCUT2D eigenvalue weighted by atomic mass is 9.85. The molecule has 0 amide bonds. The average molecular weight is 222 g/mol. The molecule has 0 saturated carbocycles. The minimum atomic E-state index is 0.338. The van der Waals surface area contributed by atoms with Crippen LogP contribution in [0.4, 0.5) is 0 Å². The zero-order valence-corrected chi connectivity index (χ0v) is 11.1. The molecule has 0 N–H and O–H groups in total. The van der Waals surface area contributed by atoms with Crippen LogP contribution in [0.15, 0.2) is 30.3 Å². The van der Waals surface area contributed by atoms with Gasteiger partial charge in [0.15, 0.2) is 0 Å². The van der Waals surface area contributed by atoms with Crippen LogP contribution in [0.3, 0.4) is 0 Å². The van der Waals surface area contributed by atoms with Gasteiger partial charge in [0, 0.05) is 4.75 Å². The second kappa shape index (κ2) is 5.60. The van der Waals surface area contributed by atoms with Crippen LogP contribution < -0.4 is 0 Å². The summed E-state index contributed by atoms with van der Waals surface area (Å²) in [5.74, 6) is 1.85. The van der Waals surface area contributed by atoms with Gasteiger partial charge in [0.2, 0.25) is 0 Å². The molecule has 15 heavy (non-hydrogen) atoms. The smallest absolute Gasteiger partial charge is 0.0172 e. The monoisotopic (exact) mass is 222 g/mol. The van der Waals surface area contributed by atoms with Crippen LogP contribution in [0.1, 0.15) is 45.6 Å². The van der Waals surface area contributed by atoms with Crippen molar-refractivity contribution >= 4 is 11.8 Å². The summed E-state index contributed by atoms with van der Waals surface area (Å²) < 4.78 is 0.338. The van der Waals surface area contributed by atoms with Crippen molar-refractivity contribution in [1.29, 1.82) is 0 Å². The summed E-state index contributed by atoms with van der Waals surface area (Å²) in [5, 5.41) is 0. The van der Waals surface area contributed by atoms with E-state index >= 15 is 0 Å². The zero-order valence-electron chi connectivity index (χ0n) is 10.3. The molecule has 1 atom stereocenters. The molecule has 0 aliphatic rings. The Balaban J connectivity index is 2.89. The van der Waals surface area contributed by atoms with Crippen molar-refractivity contribution in [1.82, 2.24) is 0 Å². The van der Waals surface area contributed by atoms with Crippen LogP contribution in [0.25, 0.3) is 0 Å². The Morgan fingerprint density at radius 2 is 1.73 bits per heavy atom. The summed E-state index contributed by atoms with van der Waals surface area (Å²) in [6.07, 6.45) is 1.21. The van der Waals surface area contributed by atoms with Crippen LogP contribution in [-0.4, -0.2) is 10.5 Å². The van der Waals surface area contributed by atoms with Crippen molar-refractivity contribution in [3.63, 3.8) is 0 Å². The first-order valence-corrected chi connectivity index (χ1v) is 6.79. The van der Waals surface area contributed by atoms with E-state index in [9.17, 15) is 0 Å². The van der Waals surface area contributed by atoms with Gasteiger partial charge in [-0.2, -0.15) is 11.8 Å². The van der Waals surface area contributed by atoms with Gasteiger partial charge in [0.05, 0.1) is 0 Å². The van der Waals surface area contributed by atoms with Crippen molar-refractivity contribution in [3.8, 4) is 0 Å². The Labute approximate surface area is 98.5 Å². The quantitative estimate of drug-likeness (QED) is 0.695. The number of hydrogen-bond donors (Lipinski definition) is 0. The third kappa shape index (κ3) is 3.27. The predicted octanol–water partition coefficient (Wildman–Crippen LogP) is 4.71. The van der Waals surface area contributed by atoms with Crippen LogP contribution in [0, 0.1) is 0 Å². The highest BCUT2D eigenvalue weighted by atomic mass is 32.2. The molecule has 0 spiro atoms. The van der Waals surface area contributed by atoms with Gasteiger partial charge < -0.3 is 0 Å². The van der Waals surface area contributed by atoms with Crippen molar-refractivity contribution < 1.29 is 0 Å².